The van der Waals surface area contributed by atoms with E-state index in [9.17, 15) is 14.7 Å². The van der Waals surface area contributed by atoms with Crippen LogP contribution >= 0.6 is 12.2 Å². The maximum Gasteiger partial charge on any atom is 0.264 e. The van der Waals surface area contributed by atoms with Crippen LogP contribution in [0.15, 0.2) is 4.79 Å². The summed E-state index contributed by atoms with van der Waals surface area (Å²) in [6, 6.07) is 0. The summed E-state index contributed by atoms with van der Waals surface area (Å²) in [4.78, 5) is 22.2. The highest BCUT2D eigenvalue weighted by Gasteiger charge is 2.08. The number of carbonyl (C=O) groups is 1. The second-order valence-electron chi connectivity index (χ2n) is 2.91. The van der Waals surface area contributed by atoms with Crippen molar-refractivity contribution in [2.75, 3.05) is 0 Å². The van der Waals surface area contributed by atoms with Gasteiger partial charge in [-0.15, -0.1) is 0 Å². The van der Waals surface area contributed by atoms with Gasteiger partial charge in [0.2, 0.25) is 0 Å². The molecule has 82 valence electrons. The van der Waals surface area contributed by atoms with Crippen LogP contribution in [0.1, 0.15) is 24.2 Å². The van der Waals surface area contributed by atoms with Gasteiger partial charge in [-0.3, -0.25) is 14.2 Å². The van der Waals surface area contributed by atoms with Crippen molar-refractivity contribution in [1.82, 2.24) is 9.13 Å². The van der Waals surface area contributed by atoms with Gasteiger partial charge in [0.1, 0.15) is 0 Å². The largest absolute Gasteiger partial charge is 0.859 e. The molecule has 1 rings (SSSR count). The van der Waals surface area contributed by atoms with E-state index in [2.05, 4.69) is 0 Å². The zero-order valence-corrected chi connectivity index (χ0v) is 9.34. The predicted molar refractivity (Wildman–Crippen MR) is 55.7 cm³/mol. The smallest absolute Gasteiger partial charge is 0.264 e. The highest BCUT2D eigenvalue weighted by atomic mass is 32.1. The Morgan fingerprint density at radius 1 is 1.33 bits per heavy atom. The normalized spacial score (nSPS) is 10.3. The lowest BCUT2D eigenvalue weighted by molar-refractivity contribution is -0.280. The number of rotatable bonds is 3. The fourth-order valence-corrected chi connectivity index (χ4v) is 1.78. The molecular weight excluding hydrogens is 216 g/mol. The lowest BCUT2D eigenvalue weighted by Gasteiger charge is -2.20. The molecule has 0 radical (unpaired) electrons. The van der Waals surface area contributed by atoms with Crippen molar-refractivity contribution in [3.63, 3.8) is 0 Å². The molecule has 0 N–H and O–H groups in total. The highest BCUT2D eigenvalue weighted by Crippen LogP contribution is 2.08. The third kappa shape index (κ3) is 1.72. The molecule has 0 aliphatic carbocycles. The minimum absolute atomic E-state index is 0.167. The van der Waals surface area contributed by atoms with E-state index in [-0.39, 0.29) is 16.6 Å². The number of carbonyl (C=O) groups excluding carboxylic acids is 1. The average molecular weight is 227 g/mol. The molecule has 1 heterocycles. The van der Waals surface area contributed by atoms with Gasteiger partial charge < -0.3 is 9.67 Å². The Morgan fingerprint density at radius 3 is 2.27 bits per heavy atom. The molecule has 0 atom stereocenters. The van der Waals surface area contributed by atoms with Crippen LogP contribution in [0.4, 0.5) is 0 Å². The first kappa shape index (κ1) is 11.6. The summed E-state index contributed by atoms with van der Waals surface area (Å²) in [5, 5.41) is 11.6. The molecule has 1 aromatic heterocycles. The van der Waals surface area contributed by atoms with E-state index < -0.39 is 11.4 Å². The van der Waals surface area contributed by atoms with Crippen LogP contribution in [0.5, 0.6) is 5.88 Å². The summed E-state index contributed by atoms with van der Waals surface area (Å²) >= 11 is 4.98. The quantitative estimate of drug-likeness (QED) is 0.550. The maximum absolute atomic E-state index is 11.6. The second-order valence-corrected chi connectivity index (χ2v) is 3.28. The molecule has 0 spiro atoms. The van der Waals surface area contributed by atoms with Crippen molar-refractivity contribution in [2.24, 2.45) is 0 Å². The number of aldehydes is 1. The Hall–Kier alpha value is -1.43. The molecule has 0 fully saturated rings. The zero-order valence-electron chi connectivity index (χ0n) is 8.52. The Kier molecular flexibility index (Phi) is 3.41. The van der Waals surface area contributed by atoms with Crippen LogP contribution in [-0.4, -0.2) is 15.4 Å². The number of hydrogen-bond donors (Lipinski definition) is 0. The first-order chi connectivity index (χ1) is 7.08. The topological polar surface area (TPSA) is 67.1 Å². The van der Waals surface area contributed by atoms with Gasteiger partial charge in [-0.05, 0) is 31.9 Å². The lowest BCUT2D eigenvalue weighted by Crippen LogP contribution is -2.30. The molecule has 0 amide bonds. The molecule has 6 heteroatoms. The summed E-state index contributed by atoms with van der Waals surface area (Å²) in [6.07, 6.45) is 0.289. The summed E-state index contributed by atoms with van der Waals surface area (Å²) < 4.78 is 2.65. The van der Waals surface area contributed by atoms with Gasteiger partial charge >= 0.3 is 0 Å². The first-order valence-electron chi connectivity index (χ1n) is 4.58. The fraction of sp³-hybridized carbons (Fsp3) is 0.444. The Morgan fingerprint density at radius 2 is 1.87 bits per heavy atom. The molecule has 0 aliphatic heterocycles. The van der Waals surface area contributed by atoms with Crippen molar-refractivity contribution in [2.45, 2.75) is 26.9 Å². The van der Waals surface area contributed by atoms with Gasteiger partial charge in [0.15, 0.2) is 11.1 Å². The minimum Gasteiger partial charge on any atom is -0.859 e. The van der Waals surface area contributed by atoms with E-state index in [1.54, 1.807) is 13.8 Å². The lowest BCUT2D eigenvalue weighted by atomic mass is 10.3. The Labute approximate surface area is 91.6 Å². The average Bonchev–Trinajstić information content (AvgIpc) is 2.19. The van der Waals surface area contributed by atoms with E-state index in [0.717, 1.165) is 0 Å². The molecular formula is C9H11N2O3S-. The Bertz CT molecular complexity index is 501. The van der Waals surface area contributed by atoms with Crippen molar-refractivity contribution in [3.05, 3.63) is 20.7 Å². The molecule has 0 aromatic carbocycles. The van der Waals surface area contributed by atoms with E-state index in [1.807, 2.05) is 0 Å². The van der Waals surface area contributed by atoms with E-state index in [4.69, 9.17) is 12.2 Å². The van der Waals surface area contributed by atoms with Gasteiger partial charge in [-0.25, -0.2) is 0 Å². The number of hydrogen-bond acceptors (Lipinski definition) is 4. The molecule has 15 heavy (non-hydrogen) atoms. The monoisotopic (exact) mass is 227 g/mol. The van der Waals surface area contributed by atoms with E-state index in [0.29, 0.717) is 13.1 Å². The molecule has 0 unspecified atom stereocenters. The van der Waals surface area contributed by atoms with Crippen LogP contribution in [0.25, 0.3) is 0 Å². The standard InChI is InChI=1S/C9H12N2O3S/c1-3-10-7(13)6(5-12)8(14)11(4-2)9(10)15/h5,13H,3-4H2,1-2H3/p-1. The van der Waals surface area contributed by atoms with Crippen molar-refractivity contribution < 1.29 is 9.90 Å². The van der Waals surface area contributed by atoms with Crippen LogP contribution < -0.4 is 10.7 Å². The van der Waals surface area contributed by atoms with Gasteiger partial charge in [0.25, 0.3) is 5.56 Å². The molecule has 0 bridgehead atoms. The minimum atomic E-state index is -0.604. The van der Waals surface area contributed by atoms with Crippen molar-refractivity contribution in [3.8, 4) is 5.88 Å². The van der Waals surface area contributed by atoms with Crippen molar-refractivity contribution >= 4 is 18.5 Å². The van der Waals surface area contributed by atoms with Crippen LogP contribution in [0.2, 0.25) is 0 Å². The van der Waals surface area contributed by atoms with Crippen LogP contribution in [0.3, 0.4) is 0 Å². The van der Waals surface area contributed by atoms with Gasteiger partial charge in [-0.2, -0.15) is 0 Å². The third-order valence-electron chi connectivity index (χ3n) is 2.16. The fourth-order valence-electron chi connectivity index (χ4n) is 1.36. The molecule has 1 aromatic rings. The zero-order chi connectivity index (χ0) is 11.6. The molecule has 0 aliphatic rings. The maximum atomic E-state index is 11.6. The van der Waals surface area contributed by atoms with Crippen LogP contribution in [-0.2, 0) is 13.1 Å². The second kappa shape index (κ2) is 4.39. The van der Waals surface area contributed by atoms with E-state index in [1.165, 1.54) is 9.13 Å². The summed E-state index contributed by atoms with van der Waals surface area (Å²) in [7, 11) is 0. The summed E-state index contributed by atoms with van der Waals surface area (Å²) in [5.41, 5.74) is -0.959. The van der Waals surface area contributed by atoms with Gasteiger partial charge in [0.05, 0.1) is 5.56 Å². The summed E-state index contributed by atoms with van der Waals surface area (Å²) in [6.45, 7) is 4.16. The molecule has 5 nitrogen and oxygen atoms in total. The number of nitrogens with zero attached hydrogens (tertiary/aromatic N) is 2. The number of aromatic nitrogens is 2. The van der Waals surface area contributed by atoms with Gasteiger partial charge in [0, 0.05) is 13.1 Å². The SMILES string of the molecule is CCn1c([O-])c(C=O)c(=O)n(CC)c1=S. The molecule has 0 saturated heterocycles. The Balaban J connectivity index is 3.81. The third-order valence-corrected chi connectivity index (χ3v) is 2.60. The van der Waals surface area contributed by atoms with Crippen molar-refractivity contribution in [1.29, 1.82) is 0 Å². The highest BCUT2D eigenvalue weighted by molar-refractivity contribution is 7.71. The van der Waals surface area contributed by atoms with Crippen LogP contribution in [0, 0.1) is 4.77 Å². The predicted octanol–water partition coefficient (Wildman–Crippen LogP) is 0.305. The summed E-state index contributed by atoms with van der Waals surface area (Å²) in [5.74, 6) is -0.604. The van der Waals surface area contributed by atoms with Gasteiger partial charge in [-0.1, -0.05) is 0 Å². The van der Waals surface area contributed by atoms with E-state index >= 15 is 0 Å². The first-order valence-corrected chi connectivity index (χ1v) is 4.99. The molecule has 0 saturated carbocycles.